The maximum Gasteiger partial charge on any atom is 0.251 e. The zero-order chi connectivity index (χ0) is 14.5. The molecule has 0 spiro atoms. The van der Waals surface area contributed by atoms with E-state index in [1.54, 1.807) is 24.3 Å². The van der Waals surface area contributed by atoms with Crippen LogP contribution in [0.1, 0.15) is 43.0 Å². The van der Waals surface area contributed by atoms with Gasteiger partial charge in [-0.1, -0.05) is 0 Å². The minimum Gasteiger partial charge on any atom is -0.349 e. The van der Waals surface area contributed by atoms with Crippen LogP contribution >= 0.6 is 0 Å². The molecule has 0 bridgehead atoms. The average molecular weight is 275 g/mol. The van der Waals surface area contributed by atoms with Gasteiger partial charge in [-0.3, -0.25) is 9.59 Å². The molecule has 108 valence electrons. The second kappa shape index (κ2) is 6.52. The van der Waals surface area contributed by atoms with Crippen LogP contribution in [0.2, 0.25) is 0 Å². The van der Waals surface area contributed by atoms with E-state index in [-0.39, 0.29) is 17.9 Å². The van der Waals surface area contributed by atoms with E-state index in [0.717, 1.165) is 12.8 Å². The van der Waals surface area contributed by atoms with E-state index >= 15 is 0 Å². The van der Waals surface area contributed by atoms with Crippen molar-refractivity contribution in [3.05, 3.63) is 29.8 Å². The van der Waals surface area contributed by atoms with Gasteiger partial charge in [0.25, 0.3) is 5.91 Å². The molecule has 4 N–H and O–H groups in total. The highest BCUT2D eigenvalue weighted by Crippen LogP contribution is 2.19. The topological polar surface area (TPSA) is 84.2 Å². The number of carbonyl (C=O) groups excluding carboxylic acids is 2. The Morgan fingerprint density at radius 1 is 1.30 bits per heavy atom. The lowest BCUT2D eigenvalue weighted by atomic mass is 10.1. The summed E-state index contributed by atoms with van der Waals surface area (Å²) in [6.07, 6.45) is 3.20. The molecule has 1 saturated carbocycles. The summed E-state index contributed by atoms with van der Waals surface area (Å²) in [4.78, 5) is 23.4. The molecule has 0 heterocycles. The van der Waals surface area contributed by atoms with Crippen LogP contribution in [-0.4, -0.2) is 23.9 Å². The summed E-state index contributed by atoms with van der Waals surface area (Å²) < 4.78 is 0. The normalized spacial score (nSPS) is 15.5. The first-order valence-electron chi connectivity index (χ1n) is 7.01. The lowest BCUT2D eigenvalue weighted by Crippen LogP contribution is -2.25. The summed E-state index contributed by atoms with van der Waals surface area (Å²) in [6, 6.07) is 7.30. The molecule has 1 aliphatic rings. The lowest BCUT2D eigenvalue weighted by Gasteiger charge is -2.08. The molecule has 0 radical (unpaired) electrons. The van der Waals surface area contributed by atoms with Gasteiger partial charge in [0.05, 0.1) is 0 Å². The van der Waals surface area contributed by atoms with Crippen molar-refractivity contribution in [3.8, 4) is 0 Å². The van der Waals surface area contributed by atoms with E-state index in [2.05, 4.69) is 10.6 Å². The number of anilines is 1. The van der Waals surface area contributed by atoms with Gasteiger partial charge in [-0.15, -0.1) is 0 Å². The van der Waals surface area contributed by atoms with Crippen LogP contribution in [0.4, 0.5) is 5.69 Å². The molecule has 1 atom stereocenters. The fourth-order valence-electron chi connectivity index (χ4n) is 1.78. The molecule has 0 saturated heterocycles. The molecule has 0 aromatic heterocycles. The van der Waals surface area contributed by atoms with Crippen LogP contribution in [0, 0.1) is 0 Å². The third kappa shape index (κ3) is 4.66. The van der Waals surface area contributed by atoms with Gasteiger partial charge in [0.1, 0.15) is 0 Å². The quantitative estimate of drug-likeness (QED) is 0.738. The maximum absolute atomic E-state index is 11.8. The summed E-state index contributed by atoms with van der Waals surface area (Å²) in [5, 5.41) is 5.71. The molecule has 5 nitrogen and oxygen atoms in total. The van der Waals surface area contributed by atoms with Crippen molar-refractivity contribution < 1.29 is 9.59 Å². The monoisotopic (exact) mass is 275 g/mol. The average Bonchev–Trinajstić information content (AvgIpc) is 3.21. The van der Waals surface area contributed by atoms with Crippen molar-refractivity contribution in [2.45, 2.75) is 44.7 Å². The third-order valence-corrected chi connectivity index (χ3v) is 3.17. The zero-order valence-corrected chi connectivity index (χ0v) is 11.7. The van der Waals surface area contributed by atoms with Crippen molar-refractivity contribution in [3.63, 3.8) is 0 Å². The Balaban J connectivity index is 1.84. The number of nitrogens with two attached hydrogens (primary N) is 1. The number of hydrogen-bond acceptors (Lipinski definition) is 3. The predicted molar refractivity (Wildman–Crippen MR) is 78.4 cm³/mol. The number of hydrogen-bond donors (Lipinski definition) is 3. The molecule has 5 heteroatoms. The highest BCUT2D eigenvalue weighted by atomic mass is 16.2. The maximum atomic E-state index is 11.8. The van der Waals surface area contributed by atoms with E-state index in [1.165, 1.54) is 0 Å². The molecule has 2 rings (SSSR count). The summed E-state index contributed by atoms with van der Waals surface area (Å²) in [6.45, 7) is 1.88. The van der Waals surface area contributed by atoms with Gasteiger partial charge in [0, 0.05) is 29.8 Å². The van der Waals surface area contributed by atoms with Crippen molar-refractivity contribution >= 4 is 17.5 Å². The molecule has 1 unspecified atom stereocenters. The molecule has 1 fully saturated rings. The Morgan fingerprint density at radius 3 is 2.50 bits per heavy atom. The minimum atomic E-state index is -0.0579. The minimum absolute atomic E-state index is 0.0224. The van der Waals surface area contributed by atoms with Crippen molar-refractivity contribution in [2.24, 2.45) is 5.73 Å². The Morgan fingerprint density at radius 2 is 1.95 bits per heavy atom. The second-order valence-electron chi connectivity index (χ2n) is 5.39. The second-order valence-corrected chi connectivity index (χ2v) is 5.39. The lowest BCUT2D eigenvalue weighted by molar-refractivity contribution is -0.116. The molecule has 2 amide bonds. The summed E-state index contributed by atoms with van der Waals surface area (Å²) in [7, 11) is 0. The fourth-order valence-corrected chi connectivity index (χ4v) is 1.78. The number of carbonyl (C=O) groups is 2. The van der Waals surface area contributed by atoms with Gasteiger partial charge in [0.2, 0.25) is 5.91 Å². The van der Waals surface area contributed by atoms with Gasteiger partial charge < -0.3 is 16.4 Å². The predicted octanol–water partition coefficient (Wildman–Crippen LogP) is 1.64. The Labute approximate surface area is 118 Å². The molecule has 0 aliphatic heterocycles. The van der Waals surface area contributed by atoms with Crippen LogP contribution in [-0.2, 0) is 4.79 Å². The van der Waals surface area contributed by atoms with Crippen LogP contribution in [0.5, 0.6) is 0 Å². The molecule has 20 heavy (non-hydrogen) atoms. The molecular formula is C15H21N3O2. The number of benzene rings is 1. The van der Waals surface area contributed by atoms with Gasteiger partial charge >= 0.3 is 0 Å². The van der Waals surface area contributed by atoms with Crippen LogP contribution in [0.15, 0.2) is 24.3 Å². The number of amides is 2. The molecule has 1 aromatic carbocycles. The van der Waals surface area contributed by atoms with E-state index in [1.807, 2.05) is 6.92 Å². The smallest absolute Gasteiger partial charge is 0.251 e. The van der Waals surface area contributed by atoms with Gasteiger partial charge in [-0.2, -0.15) is 0 Å². The van der Waals surface area contributed by atoms with Crippen LogP contribution in [0.25, 0.3) is 0 Å². The van der Waals surface area contributed by atoms with Gasteiger partial charge in [-0.05, 0) is 50.5 Å². The molecule has 1 aromatic rings. The summed E-state index contributed by atoms with van der Waals surface area (Å²) in [5.74, 6) is -0.111. The molecule has 1 aliphatic carbocycles. The fraction of sp³-hybridized carbons (Fsp3) is 0.467. The Hall–Kier alpha value is -1.88. The number of rotatable bonds is 6. The zero-order valence-electron chi connectivity index (χ0n) is 11.7. The first-order valence-corrected chi connectivity index (χ1v) is 7.01. The Bertz CT molecular complexity index is 478. The van der Waals surface area contributed by atoms with E-state index in [4.69, 9.17) is 5.73 Å². The SMILES string of the molecule is CC(N)CCC(=O)Nc1ccc(C(=O)NC2CC2)cc1. The standard InChI is InChI=1S/C15H21N3O2/c1-10(16)2-9-14(19)17-12-5-3-11(4-6-12)15(20)18-13-7-8-13/h3-6,10,13H,2,7-9,16H2,1H3,(H,17,19)(H,18,20). The third-order valence-electron chi connectivity index (χ3n) is 3.17. The highest BCUT2D eigenvalue weighted by molar-refractivity contribution is 5.96. The van der Waals surface area contributed by atoms with Crippen LogP contribution < -0.4 is 16.4 Å². The van der Waals surface area contributed by atoms with E-state index in [9.17, 15) is 9.59 Å². The van der Waals surface area contributed by atoms with E-state index in [0.29, 0.717) is 30.1 Å². The first-order chi connectivity index (χ1) is 9.54. The Kier molecular flexibility index (Phi) is 4.74. The van der Waals surface area contributed by atoms with Gasteiger partial charge in [-0.25, -0.2) is 0 Å². The highest BCUT2D eigenvalue weighted by Gasteiger charge is 2.23. The first kappa shape index (κ1) is 14.5. The summed E-state index contributed by atoms with van der Waals surface area (Å²) >= 11 is 0. The largest absolute Gasteiger partial charge is 0.349 e. The van der Waals surface area contributed by atoms with Crippen molar-refractivity contribution in [2.75, 3.05) is 5.32 Å². The van der Waals surface area contributed by atoms with Gasteiger partial charge in [0.15, 0.2) is 0 Å². The van der Waals surface area contributed by atoms with Crippen molar-refractivity contribution in [1.82, 2.24) is 5.32 Å². The van der Waals surface area contributed by atoms with Crippen LogP contribution in [0.3, 0.4) is 0 Å². The van der Waals surface area contributed by atoms with Crippen molar-refractivity contribution in [1.29, 1.82) is 0 Å². The van der Waals surface area contributed by atoms with E-state index < -0.39 is 0 Å². The summed E-state index contributed by atoms with van der Waals surface area (Å²) in [5.41, 5.74) is 6.92. The molecular weight excluding hydrogens is 254 g/mol. The number of nitrogens with one attached hydrogen (secondary N) is 2.